The number of carboxylic acid groups (broad SMARTS) is 1. The van der Waals surface area contributed by atoms with Crippen molar-refractivity contribution in [3.8, 4) is 0 Å². The molecule has 0 fully saturated rings. The summed E-state index contributed by atoms with van der Waals surface area (Å²) in [4.78, 5) is 9.79. The molecule has 0 saturated heterocycles. The average Bonchev–Trinajstić information content (AvgIpc) is 1.21. The van der Waals surface area contributed by atoms with Crippen LogP contribution in [0.2, 0.25) is 0 Å². The van der Waals surface area contributed by atoms with Crippen molar-refractivity contribution in [3.05, 3.63) is 0 Å². The molecule has 0 aliphatic rings. The van der Waals surface area contributed by atoms with Gasteiger partial charge in [-0.25, -0.2) is 4.79 Å². The largest absolute Gasteiger partial charge is 0.506 e. The zero-order valence-electron chi connectivity index (χ0n) is 5.67. The van der Waals surface area contributed by atoms with Crippen LogP contribution < -0.4 is 0 Å². The highest BCUT2D eigenvalue weighted by molar-refractivity contribution is 5.85. The Labute approximate surface area is 60.4 Å². The molecular formula is C5H11ClO3. The molecule has 0 aliphatic carbocycles. The van der Waals surface area contributed by atoms with E-state index in [0.717, 1.165) is 0 Å². The molecule has 56 valence electrons. The maximum absolute atomic E-state index is 9.79. The molecule has 0 rings (SSSR count). The standard InChI is InChI=1S/C5H10O3.ClH/c1-5(2,3)8-4(6)7;/h1-3H3,(H,6,7);1H. The molecule has 0 aromatic carbocycles. The summed E-state index contributed by atoms with van der Waals surface area (Å²) in [6.45, 7) is 5.04. The van der Waals surface area contributed by atoms with Gasteiger partial charge < -0.3 is 9.84 Å². The lowest BCUT2D eigenvalue weighted by Gasteiger charge is -2.15. The second-order valence-corrected chi connectivity index (χ2v) is 2.48. The Balaban J connectivity index is 0. The van der Waals surface area contributed by atoms with Crippen LogP contribution >= 0.6 is 12.4 Å². The lowest BCUT2D eigenvalue weighted by Crippen LogP contribution is -2.22. The highest BCUT2D eigenvalue weighted by atomic mass is 35.5. The molecular weight excluding hydrogens is 144 g/mol. The van der Waals surface area contributed by atoms with E-state index in [9.17, 15) is 4.79 Å². The summed E-state index contributed by atoms with van der Waals surface area (Å²) in [6, 6.07) is 0. The summed E-state index contributed by atoms with van der Waals surface area (Å²) < 4.78 is 4.35. The van der Waals surface area contributed by atoms with Crippen molar-refractivity contribution in [2.24, 2.45) is 0 Å². The first kappa shape index (κ1) is 11.4. The lowest BCUT2D eigenvalue weighted by atomic mass is 10.2. The van der Waals surface area contributed by atoms with Gasteiger partial charge >= 0.3 is 6.16 Å². The molecule has 0 amide bonds. The van der Waals surface area contributed by atoms with Gasteiger partial charge in [0.2, 0.25) is 0 Å². The van der Waals surface area contributed by atoms with E-state index in [-0.39, 0.29) is 12.4 Å². The van der Waals surface area contributed by atoms with Gasteiger partial charge in [-0.05, 0) is 20.8 Å². The van der Waals surface area contributed by atoms with Crippen LogP contribution in [0.1, 0.15) is 20.8 Å². The molecule has 0 unspecified atom stereocenters. The molecule has 0 bridgehead atoms. The SMILES string of the molecule is CC(C)(C)OC(=O)O.Cl. The van der Waals surface area contributed by atoms with Gasteiger partial charge in [-0.2, -0.15) is 0 Å². The normalized spacial score (nSPS) is 9.67. The minimum atomic E-state index is -1.22. The molecule has 0 spiro atoms. The third-order valence-corrected chi connectivity index (χ3v) is 0.393. The van der Waals surface area contributed by atoms with Crippen molar-refractivity contribution in [1.29, 1.82) is 0 Å². The van der Waals surface area contributed by atoms with E-state index in [1.165, 1.54) is 0 Å². The Bertz CT molecular complexity index is 94.9. The summed E-state index contributed by atoms with van der Waals surface area (Å²) in [5.41, 5.74) is -0.578. The first-order valence-corrected chi connectivity index (χ1v) is 2.34. The molecule has 0 aliphatic heterocycles. The maximum atomic E-state index is 9.79. The molecule has 0 atom stereocenters. The van der Waals surface area contributed by atoms with Crippen LogP contribution in [0.15, 0.2) is 0 Å². The van der Waals surface area contributed by atoms with Crippen LogP contribution in [-0.4, -0.2) is 16.9 Å². The number of carbonyl (C=O) groups is 1. The van der Waals surface area contributed by atoms with Gasteiger partial charge in [0.25, 0.3) is 0 Å². The highest BCUT2D eigenvalue weighted by Gasteiger charge is 2.13. The number of halogens is 1. The van der Waals surface area contributed by atoms with Gasteiger partial charge in [-0.1, -0.05) is 0 Å². The molecule has 4 heteroatoms. The third kappa shape index (κ3) is 11.2. The van der Waals surface area contributed by atoms with Crippen LogP contribution in [0.5, 0.6) is 0 Å². The van der Waals surface area contributed by atoms with Crippen molar-refractivity contribution in [2.45, 2.75) is 26.4 Å². The Morgan fingerprint density at radius 3 is 1.78 bits per heavy atom. The second kappa shape index (κ2) is 3.56. The zero-order valence-corrected chi connectivity index (χ0v) is 6.49. The predicted octanol–water partition coefficient (Wildman–Crippen LogP) is 1.90. The Hall–Kier alpha value is -0.440. The summed E-state index contributed by atoms with van der Waals surface area (Å²) in [7, 11) is 0. The molecule has 9 heavy (non-hydrogen) atoms. The Morgan fingerprint density at radius 2 is 1.78 bits per heavy atom. The Morgan fingerprint density at radius 1 is 1.44 bits per heavy atom. The van der Waals surface area contributed by atoms with E-state index < -0.39 is 11.8 Å². The zero-order chi connectivity index (χ0) is 6.78. The van der Waals surface area contributed by atoms with Gasteiger partial charge in [-0.15, -0.1) is 12.4 Å². The molecule has 0 heterocycles. The first-order valence-electron chi connectivity index (χ1n) is 2.34. The summed E-state index contributed by atoms with van der Waals surface area (Å²) in [6.07, 6.45) is -1.22. The van der Waals surface area contributed by atoms with Gasteiger partial charge in [0, 0.05) is 0 Å². The fraction of sp³-hybridized carbons (Fsp3) is 0.800. The van der Waals surface area contributed by atoms with Crippen LogP contribution in [0.3, 0.4) is 0 Å². The molecule has 3 nitrogen and oxygen atoms in total. The fourth-order valence-corrected chi connectivity index (χ4v) is 0.262. The van der Waals surface area contributed by atoms with Crippen LogP contribution in [0, 0.1) is 0 Å². The van der Waals surface area contributed by atoms with E-state index in [1.54, 1.807) is 20.8 Å². The molecule has 0 radical (unpaired) electrons. The quantitative estimate of drug-likeness (QED) is 0.542. The van der Waals surface area contributed by atoms with Crippen molar-refractivity contribution in [1.82, 2.24) is 0 Å². The average molecular weight is 155 g/mol. The predicted molar refractivity (Wildman–Crippen MR) is 36.1 cm³/mol. The summed E-state index contributed by atoms with van der Waals surface area (Å²) in [5, 5.41) is 8.03. The van der Waals surface area contributed by atoms with Crippen molar-refractivity contribution in [3.63, 3.8) is 0 Å². The molecule has 0 saturated carbocycles. The van der Waals surface area contributed by atoms with Crippen LogP contribution in [0.25, 0.3) is 0 Å². The van der Waals surface area contributed by atoms with Gasteiger partial charge in [0.15, 0.2) is 0 Å². The maximum Gasteiger partial charge on any atom is 0.506 e. The fourth-order valence-electron chi connectivity index (χ4n) is 0.262. The molecule has 0 aromatic heterocycles. The molecule has 0 aromatic rings. The number of rotatable bonds is 0. The smallest absolute Gasteiger partial charge is 0.450 e. The van der Waals surface area contributed by atoms with Gasteiger partial charge in [0.1, 0.15) is 5.60 Å². The number of hydrogen-bond acceptors (Lipinski definition) is 2. The Kier molecular flexibility index (Phi) is 4.50. The van der Waals surface area contributed by atoms with E-state index in [4.69, 9.17) is 5.11 Å². The van der Waals surface area contributed by atoms with E-state index in [2.05, 4.69) is 4.74 Å². The molecule has 1 N–H and O–H groups in total. The first-order chi connectivity index (χ1) is 3.42. The van der Waals surface area contributed by atoms with E-state index in [1.807, 2.05) is 0 Å². The lowest BCUT2D eigenvalue weighted by molar-refractivity contribution is 0.0150. The summed E-state index contributed by atoms with van der Waals surface area (Å²) >= 11 is 0. The third-order valence-electron chi connectivity index (χ3n) is 0.393. The van der Waals surface area contributed by atoms with Crippen molar-refractivity contribution in [2.75, 3.05) is 0 Å². The van der Waals surface area contributed by atoms with Crippen molar-refractivity contribution < 1.29 is 14.6 Å². The second-order valence-electron chi connectivity index (χ2n) is 2.48. The monoisotopic (exact) mass is 154 g/mol. The van der Waals surface area contributed by atoms with Gasteiger partial charge in [-0.3, -0.25) is 0 Å². The topological polar surface area (TPSA) is 46.5 Å². The number of hydrogen-bond donors (Lipinski definition) is 1. The van der Waals surface area contributed by atoms with Crippen LogP contribution in [-0.2, 0) is 4.74 Å². The van der Waals surface area contributed by atoms with Crippen molar-refractivity contribution >= 4 is 18.6 Å². The highest BCUT2D eigenvalue weighted by Crippen LogP contribution is 2.05. The minimum absolute atomic E-state index is 0. The summed E-state index contributed by atoms with van der Waals surface area (Å²) in [5.74, 6) is 0. The number of ether oxygens (including phenoxy) is 1. The van der Waals surface area contributed by atoms with Gasteiger partial charge in [0.05, 0.1) is 0 Å². The minimum Gasteiger partial charge on any atom is -0.450 e. The van der Waals surface area contributed by atoms with Crippen LogP contribution in [0.4, 0.5) is 4.79 Å². The van der Waals surface area contributed by atoms with E-state index >= 15 is 0 Å². The van der Waals surface area contributed by atoms with E-state index in [0.29, 0.717) is 0 Å².